The Morgan fingerprint density at radius 1 is 1.06 bits per heavy atom. The van der Waals surface area contributed by atoms with E-state index in [0.717, 1.165) is 5.56 Å². The van der Waals surface area contributed by atoms with Crippen LogP contribution >= 0.6 is 0 Å². The number of carbonyl (C=O) groups is 2. The molecule has 1 aliphatic rings. The van der Waals surface area contributed by atoms with Crippen LogP contribution in [0, 0.1) is 0 Å². The first-order valence-corrected chi connectivity index (χ1v) is 11.0. The molecule has 0 N–H and O–H groups in total. The van der Waals surface area contributed by atoms with E-state index in [0.29, 0.717) is 49.8 Å². The fourth-order valence-corrected chi connectivity index (χ4v) is 3.65. The number of hydrogen-bond donors (Lipinski definition) is 0. The SMILES string of the molecule is CCOC(=O)C(Cc1ccc(OCCN2C(=O)c3ccccc3OC2(C)C)cc1)OCC. The molecule has 0 radical (unpaired) electrons. The monoisotopic (exact) mass is 441 g/mol. The highest BCUT2D eigenvalue weighted by atomic mass is 16.6. The van der Waals surface area contributed by atoms with Gasteiger partial charge in [0.15, 0.2) is 11.8 Å². The van der Waals surface area contributed by atoms with Crippen molar-refractivity contribution < 1.29 is 28.5 Å². The number of nitrogens with zero attached hydrogens (tertiary/aromatic N) is 1. The van der Waals surface area contributed by atoms with E-state index in [9.17, 15) is 9.59 Å². The van der Waals surface area contributed by atoms with Crippen LogP contribution in [-0.4, -0.2) is 55.0 Å². The van der Waals surface area contributed by atoms with Crippen LogP contribution in [-0.2, 0) is 20.7 Å². The summed E-state index contributed by atoms with van der Waals surface area (Å²) in [5.74, 6) is 0.855. The van der Waals surface area contributed by atoms with Gasteiger partial charge in [-0.3, -0.25) is 9.69 Å². The lowest BCUT2D eigenvalue weighted by Crippen LogP contribution is -2.55. The molecule has 7 heteroatoms. The standard InChI is InChI=1S/C25H31NO6/c1-5-29-22(24(28)30-6-2)17-18-11-13-19(14-12-18)31-16-15-26-23(27)20-9-7-8-10-21(20)32-25(26,3)4/h7-14,22H,5-6,15-17H2,1-4H3. The van der Waals surface area contributed by atoms with Crippen molar-refractivity contribution >= 4 is 11.9 Å². The normalized spacial score (nSPS) is 15.5. The average molecular weight is 442 g/mol. The summed E-state index contributed by atoms with van der Waals surface area (Å²) in [6, 6.07) is 14.7. The van der Waals surface area contributed by atoms with E-state index >= 15 is 0 Å². The summed E-state index contributed by atoms with van der Waals surface area (Å²) in [6.45, 7) is 8.83. The average Bonchev–Trinajstić information content (AvgIpc) is 2.76. The van der Waals surface area contributed by atoms with E-state index in [1.807, 2.05) is 63.2 Å². The second-order valence-corrected chi connectivity index (χ2v) is 7.89. The van der Waals surface area contributed by atoms with Crippen LogP contribution in [0.15, 0.2) is 48.5 Å². The number of esters is 1. The van der Waals surface area contributed by atoms with Gasteiger partial charge in [0.1, 0.15) is 18.1 Å². The maximum absolute atomic E-state index is 12.9. The lowest BCUT2D eigenvalue weighted by Gasteiger charge is -2.42. The van der Waals surface area contributed by atoms with E-state index in [1.54, 1.807) is 17.9 Å². The highest BCUT2D eigenvalue weighted by Gasteiger charge is 2.39. The maximum atomic E-state index is 12.9. The van der Waals surface area contributed by atoms with Gasteiger partial charge in [-0.05, 0) is 57.5 Å². The molecule has 0 saturated heterocycles. The molecular weight excluding hydrogens is 410 g/mol. The predicted molar refractivity (Wildman–Crippen MR) is 120 cm³/mol. The summed E-state index contributed by atoms with van der Waals surface area (Å²) in [4.78, 5) is 26.6. The molecule has 1 atom stereocenters. The van der Waals surface area contributed by atoms with Gasteiger partial charge in [0.2, 0.25) is 0 Å². The van der Waals surface area contributed by atoms with E-state index in [1.165, 1.54) is 0 Å². The first kappa shape index (κ1) is 23.6. The molecule has 2 aromatic rings. The smallest absolute Gasteiger partial charge is 0.335 e. The molecule has 1 aliphatic heterocycles. The maximum Gasteiger partial charge on any atom is 0.335 e. The van der Waals surface area contributed by atoms with Crippen LogP contribution < -0.4 is 9.47 Å². The Morgan fingerprint density at radius 2 is 1.78 bits per heavy atom. The van der Waals surface area contributed by atoms with Crippen LogP contribution in [0.5, 0.6) is 11.5 Å². The number of carbonyl (C=O) groups excluding carboxylic acids is 2. The minimum atomic E-state index is -0.764. The third-order valence-electron chi connectivity index (χ3n) is 5.22. The summed E-state index contributed by atoms with van der Waals surface area (Å²) in [5.41, 5.74) is 0.739. The van der Waals surface area contributed by atoms with Gasteiger partial charge < -0.3 is 18.9 Å². The fraction of sp³-hybridized carbons (Fsp3) is 0.440. The Kier molecular flexibility index (Phi) is 7.75. The largest absolute Gasteiger partial charge is 0.492 e. The van der Waals surface area contributed by atoms with Crippen molar-refractivity contribution in [2.75, 3.05) is 26.4 Å². The highest BCUT2D eigenvalue weighted by Crippen LogP contribution is 2.32. The van der Waals surface area contributed by atoms with Gasteiger partial charge in [-0.15, -0.1) is 0 Å². The van der Waals surface area contributed by atoms with Gasteiger partial charge in [0.25, 0.3) is 5.91 Å². The molecule has 0 spiro atoms. The van der Waals surface area contributed by atoms with Crippen molar-refractivity contribution in [3.8, 4) is 11.5 Å². The number of fused-ring (bicyclic) bond motifs is 1. The lowest BCUT2D eigenvalue weighted by atomic mass is 10.1. The molecule has 0 saturated carbocycles. The third kappa shape index (κ3) is 5.59. The molecule has 0 aromatic heterocycles. The third-order valence-corrected chi connectivity index (χ3v) is 5.22. The lowest BCUT2D eigenvalue weighted by molar-refractivity contribution is -0.156. The van der Waals surface area contributed by atoms with E-state index in [-0.39, 0.29) is 11.9 Å². The first-order valence-electron chi connectivity index (χ1n) is 11.0. The van der Waals surface area contributed by atoms with Gasteiger partial charge in [-0.1, -0.05) is 24.3 Å². The van der Waals surface area contributed by atoms with Crippen LogP contribution in [0.1, 0.15) is 43.6 Å². The van der Waals surface area contributed by atoms with E-state index < -0.39 is 11.8 Å². The van der Waals surface area contributed by atoms with Crippen molar-refractivity contribution in [2.24, 2.45) is 0 Å². The molecule has 1 unspecified atom stereocenters. The van der Waals surface area contributed by atoms with Gasteiger partial charge in [0, 0.05) is 13.0 Å². The molecule has 1 amide bonds. The summed E-state index contributed by atoms with van der Waals surface area (Å²) >= 11 is 0. The molecule has 2 aromatic carbocycles. The minimum absolute atomic E-state index is 0.0725. The molecule has 7 nitrogen and oxygen atoms in total. The molecule has 1 heterocycles. The second-order valence-electron chi connectivity index (χ2n) is 7.89. The zero-order valence-electron chi connectivity index (χ0n) is 19.1. The summed E-state index contributed by atoms with van der Waals surface area (Å²) in [7, 11) is 0. The van der Waals surface area contributed by atoms with Crippen molar-refractivity contribution in [3.63, 3.8) is 0 Å². The molecule has 32 heavy (non-hydrogen) atoms. The number of amides is 1. The van der Waals surface area contributed by atoms with Gasteiger partial charge in [0.05, 0.1) is 18.7 Å². The van der Waals surface area contributed by atoms with Crippen molar-refractivity contribution in [1.29, 1.82) is 0 Å². The second kappa shape index (κ2) is 10.5. The van der Waals surface area contributed by atoms with Crippen molar-refractivity contribution in [2.45, 2.75) is 45.9 Å². The minimum Gasteiger partial charge on any atom is -0.492 e. The fourth-order valence-electron chi connectivity index (χ4n) is 3.65. The molecular formula is C25H31NO6. The molecule has 0 aliphatic carbocycles. The molecule has 3 rings (SSSR count). The first-order chi connectivity index (χ1) is 15.4. The van der Waals surface area contributed by atoms with Gasteiger partial charge >= 0.3 is 5.97 Å². The van der Waals surface area contributed by atoms with Crippen LogP contribution in [0.4, 0.5) is 0 Å². The quantitative estimate of drug-likeness (QED) is 0.522. The molecule has 0 fully saturated rings. The zero-order valence-corrected chi connectivity index (χ0v) is 19.1. The summed E-state index contributed by atoms with van der Waals surface area (Å²) in [6.07, 6.45) is -0.192. The Labute approximate surface area is 189 Å². The Balaban J connectivity index is 1.56. The highest BCUT2D eigenvalue weighted by molar-refractivity contribution is 5.98. The van der Waals surface area contributed by atoms with Crippen molar-refractivity contribution in [1.82, 2.24) is 4.90 Å². The van der Waals surface area contributed by atoms with Gasteiger partial charge in [-0.2, -0.15) is 0 Å². The van der Waals surface area contributed by atoms with Crippen LogP contribution in [0.25, 0.3) is 0 Å². The summed E-state index contributed by atoms with van der Waals surface area (Å²) < 4.78 is 22.5. The predicted octanol–water partition coefficient (Wildman–Crippen LogP) is 3.85. The molecule has 172 valence electrons. The number of benzene rings is 2. The number of para-hydroxylation sites is 1. The van der Waals surface area contributed by atoms with E-state index in [4.69, 9.17) is 18.9 Å². The number of rotatable bonds is 10. The zero-order chi connectivity index (χ0) is 23.1. The Hall–Kier alpha value is -3.06. The Morgan fingerprint density at radius 3 is 2.47 bits per heavy atom. The Bertz CT molecular complexity index is 924. The van der Waals surface area contributed by atoms with E-state index in [2.05, 4.69) is 0 Å². The van der Waals surface area contributed by atoms with Crippen LogP contribution in [0.2, 0.25) is 0 Å². The number of ether oxygens (including phenoxy) is 4. The van der Waals surface area contributed by atoms with Gasteiger partial charge in [-0.25, -0.2) is 4.79 Å². The van der Waals surface area contributed by atoms with Crippen LogP contribution in [0.3, 0.4) is 0 Å². The molecule has 0 bridgehead atoms. The van der Waals surface area contributed by atoms with Crippen molar-refractivity contribution in [3.05, 3.63) is 59.7 Å². The summed E-state index contributed by atoms with van der Waals surface area (Å²) in [5, 5.41) is 0. The topological polar surface area (TPSA) is 74.3 Å². The number of hydrogen-bond acceptors (Lipinski definition) is 6.